The second-order valence-electron chi connectivity index (χ2n) is 5.15. The average molecular weight is 300 g/mol. The summed E-state index contributed by atoms with van der Waals surface area (Å²) >= 11 is 0. The van der Waals surface area contributed by atoms with Crippen LogP contribution in [0.25, 0.3) is 0 Å². The van der Waals surface area contributed by atoms with Gasteiger partial charge in [-0.3, -0.25) is 0 Å². The molecular weight excluding hydrogens is 268 g/mol. The van der Waals surface area contributed by atoms with Crippen molar-refractivity contribution in [3.8, 4) is 11.5 Å². The van der Waals surface area contributed by atoms with Crippen LogP contribution in [0.2, 0.25) is 0 Å². The normalized spacial score (nSPS) is 9.14. The fourth-order valence-electron chi connectivity index (χ4n) is 2.44. The molecule has 122 valence electrons. The molecule has 0 heterocycles. The van der Waals surface area contributed by atoms with Crippen LogP contribution in [0.3, 0.4) is 0 Å². The third kappa shape index (κ3) is 5.93. The number of benzene rings is 2. The Morgan fingerprint density at radius 2 is 0.909 bits per heavy atom. The van der Waals surface area contributed by atoms with Gasteiger partial charge in [-0.2, -0.15) is 0 Å². The minimum Gasteiger partial charge on any atom is -0.457 e. The van der Waals surface area contributed by atoms with Crippen molar-refractivity contribution in [1.82, 2.24) is 0 Å². The average Bonchev–Trinajstić information content (AvgIpc) is 2.46. The second-order valence-corrected chi connectivity index (χ2v) is 5.15. The lowest BCUT2D eigenvalue weighted by Crippen LogP contribution is -1.93. The van der Waals surface area contributed by atoms with Crippen molar-refractivity contribution in [2.75, 3.05) is 0 Å². The lowest BCUT2D eigenvalue weighted by atomic mass is 10.1. The van der Waals surface area contributed by atoms with Crippen LogP contribution in [0.15, 0.2) is 30.3 Å². The van der Waals surface area contributed by atoms with Crippen LogP contribution in [0.5, 0.6) is 11.5 Å². The molecule has 0 fully saturated rings. The fourth-order valence-corrected chi connectivity index (χ4v) is 2.44. The maximum absolute atomic E-state index is 6.06. The van der Waals surface area contributed by atoms with Crippen molar-refractivity contribution in [3.63, 3.8) is 0 Å². The van der Waals surface area contributed by atoms with E-state index in [2.05, 4.69) is 65.0 Å². The number of aryl methyl sites for hydroxylation is 5. The summed E-state index contributed by atoms with van der Waals surface area (Å²) in [6.07, 6.45) is 0. The van der Waals surface area contributed by atoms with Gasteiger partial charge in [0.2, 0.25) is 0 Å². The highest BCUT2D eigenvalue weighted by atomic mass is 16.5. The first-order chi connectivity index (χ1) is 10.5. The van der Waals surface area contributed by atoms with Crippen LogP contribution in [0.4, 0.5) is 0 Å². The van der Waals surface area contributed by atoms with Crippen LogP contribution in [0.1, 0.15) is 55.5 Å². The Hall–Kier alpha value is -1.76. The SMILES string of the molecule is CC.CC.Cc1cc(C)cc(Oc2c(C)cc(C)cc2C)c1. The molecule has 0 unspecified atom stereocenters. The number of rotatable bonds is 2. The van der Waals surface area contributed by atoms with Gasteiger partial charge in [-0.1, -0.05) is 51.5 Å². The summed E-state index contributed by atoms with van der Waals surface area (Å²) in [6, 6.07) is 10.6. The van der Waals surface area contributed by atoms with Crippen molar-refractivity contribution in [1.29, 1.82) is 0 Å². The molecule has 0 aliphatic carbocycles. The van der Waals surface area contributed by atoms with E-state index in [9.17, 15) is 0 Å². The first-order valence-corrected chi connectivity index (χ1v) is 8.29. The van der Waals surface area contributed by atoms with E-state index in [-0.39, 0.29) is 0 Å². The molecule has 0 aliphatic heterocycles. The van der Waals surface area contributed by atoms with Crippen LogP contribution >= 0.6 is 0 Å². The van der Waals surface area contributed by atoms with Gasteiger partial charge in [0.15, 0.2) is 0 Å². The quantitative estimate of drug-likeness (QED) is 0.576. The Bertz CT molecular complexity index is 539. The first-order valence-electron chi connectivity index (χ1n) is 8.29. The van der Waals surface area contributed by atoms with Crippen LogP contribution in [0, 0.1) is 34.6 Å². The topological polar surface area (TPSA) is 9.23 Å². The highest BCUT2D eigenvalue weighted by molar-refractivity contribution is 5.46. The van der Waals surface area contributed by atoms with Gasteiger partial charge in [-0.05, 0) is 69.0 Å². The molecular formula is C21H32O. The molecule has 0 bridgehead atoms. The lowest BCUT2D eigenvalue weighted by molar-refractivity contribution is 0.474. The molecule has 2 aromatic rings. The molecule has 0 aliphatic rings. The Balaban J connectivity index is 0.00000102. The Morgan fingerprint density at radius 3 is 1.32 bits per heavy atom. The summed E-state index contributed by atoms with van der Waals surface area (Å²) < 4.78 is 6.06. The Morgan fingerprint density at radius 1 is 0.545 bits per heavy atom. The maximum atomic E-state index is 6.06. The highest BCUT2D eigenvalue weighted by Crippen LogP contribution is 2.30. The zero-order chi connectivity index (χ0) is 17.3. The summed E-state index contributed by atoms with van der Waals surface area (Å²) in [7, 11) is 0. The zero-order valence-corrected chi connectivity index (χ0v) is 15.8. The molecule has 0 amide bonds. The monoisotopic (exact) mass is 300 g/mol. The molecule has 0 saturated carbocycles. The van der Waals surface area contributed by atoms with Crippen molar-refractivity contribution in [2.45, 2.75) is 62.3 Å². The third-order valence-corrected chi connectivity index (χ3v) is 3.02. The summed E-state index contributed by atoms with van der Waals surface area (Å²) in [5.41, 5.74) is 6.11. The minimum atomic E-state index is 0.919. The summed E-state index contributed by atoms with van der Waals surface area (Å²) in [6.45, 7) is 18.5. The van der Waals surface area contributed by atoms with Gasteiger partial charge >= 0.3 is 0 Å². The molecule has 1 heteroatoms. The Labute approximate surface area is 137 Å². The van der Waals surface area contributed by atoms with E-state index in [1.165, 1.54) is 27.8 Å². The van der Waals surface area contributed by atoms with Crippen LogP contribution in [-0.4, -0.2) is 0 Å². The molecule has 1 nitrogen and oxygen atoms in total. The molecule has 2 aromatic carbocycles. The second kappa shape index (κ2) is 10.0. The predicted molar refractivity (Wildman–Crippen MR) is 99.3 cm³/mol. The van der Waals surface area contributed by atoms with E-state index >= 15 is 0 Å². The van der Waals surface area contributed by atoms with Crippen molar-refractivity contribution < 1.29 is 4.74 Å². The standard InChI is InChI=1S/C17H20O.2C2H6/c1-11-6-12(2)10-16(9-11)18-17-14(4)7-13(3)8-15(17)5;2*1-2/h6-10H,1-5H3;2*1-2H3. The molecule has 0 aromatic heterocycles. The van der Waals surface area contributed by atoms with E-state index < -0.39 is 0 Å². The highest BCUT2D eigenvalue weighted by Gasteiger charge is 2.07. The summed E-state index contributed by atoms with van der Waals surface area (Å²) in [4.78, 5) is 0. The molecule has 2 rings (SSSR count). The predicted octanol–water partition coefficient (Wildman–Crippen LogP) is 7.07. The van der Waals surface area contributed by atoms with E-state index in [1.54, 1.807) is 0 Å². The zero-order valence-electron chi connectivity index (χ0n) is 15.8. The van der Waals surface area contributed by atoms with Gasteiger partial charge in [0.25, 0.3) is 0 Å². The van der Waals surface area contributed by atoms with Gasteiger partial charge in [0.1, 0.15) is 11.5 Å². The molecule has 0 atom stereocenters. The number of hydrogen-bond donors (Lipinski definition) is 0. The fraction of sp³-hybridized carbons (Fsp3) is 0.429. The smallest absolute Gasteiger partial charge is 0.133 e. The van der Waals surface area contributed by atoms with Crippen molar-refractivity contribution >= 4 is 0 Å². The summed E-state index contributed by atoms with van der Waals surface area (Å²) in [5.74, 6) is 1.90. The van der Waals surface area contributed by atoms with Crippen molar-refractivity contribution in [2.24, 2.45) is 0 Å². The molecule has 0 spiro atoms. The van der Waals surface area contributed by atoms with E-state index in [1.807, 2.05) is 27.7 Å². The van der Waals surface area contributed by atoms with E-state index in [0.29, 0.717) is 0 Å². The van der Waals surface area contributed by atoms with E-state index in [0.717, 1.165) is 11.5 Å². The molecule has 0 saturated heterocycles. The minimum absolute atomic E-state index is 0.919. The van der Waals surface area contributed by atoms with Crippen LogP contribution < -0.4 is 4.74 Å². The van der Waals surface area contributed by atoms with Gasteiger partial charge in [-0.25, -0.2) is 0 Å². The van der Waals surface area contributed by atoms with Crippen molar-refractivity contribution in [3.05, 3.63) is 58.1 Å². The van der Waals surface area contributed by atoms with E-state index in [4.69, 9.17) is 4.74 Å². The van der Waals surface area contributed by atoms with Gasteiger partial charge in [0, 0.05) is 0 Å². The van der Waals surface area contributed by atoms with Gasteiger partial charge in [-0.15, -0.1) is 0 Å². The lowest BCUT2D eigenvalue weighted by Gasteiger charge is -2.13. The number of hydrogen-bond acceptors (Lipinski definition) is 1. The molecule has 0 N–H and O–H groups in total. The summed E-state index contributed by atoms with van der Waals surface area (Å²) in [5, 5.41) is 0. The molecule has 22 heavy (non-hydrogen) atoms. The maximum Gasteiger partial charge on any atom is 0.133 e. The molecule has 0 radical (unpaired) electrons. The largest absolute Gasteiger partial charge is 0.457 e. The first kappa shape index (κ1) is 20.2. The number of ether oxygens (including phenoxy) is 1. The van der Waals surface area contributed by atoms with Gasteiger partial charge in [0.05, 0.1) is 0 Å². The van der Waals surface area contributed by atoms with Gasteiger partial charge < -0.3 is 4.74 Å². The van der Waals surface area contributed by atoms with Crippen LogP contribution in [-0.2, 0) is 0 Å². The Kier molecular flexibility index (Phi) is 9.24. The third-order valence-electron chi connectivity index (χ3n) is 3.02.